The third-order valence-electron chi connectivity index (χ3n) is 5.47. The summed E-state index contributed by atoms with van der Waals surface area (Å²) in [7, 11) is 1.94. The smallest absolute Gasteiger partial charge is 0.338 e. The van der Waals surface area contributed by atoms with Crippen molar-refractivity contribution in [2.75, 3.05) is 25.5 Å². The summed E-state index contributed by atoms with van der Waals surface area (Å²) < 4.78 is 9.08. The van der Waals surface area contributed by atoms with E-state index in [2.05, 4.69) is 9.69 Å². The summed E-state index contributed by atoms with van der Waals surface area (Å²) >= 11 is 1.31. The predicted octanol–water partition coefficient (Wildman–Crippen LogP) is 3.14. The lowest BCUT2D eigenvalue weighted by Crippen LogP contribution is -2.30. The Morgan fingerprint density at radius 2 is 2.24 bits per heavy atom. The van der Waals surface area contributed by atoms with Crippen LogP contribution in [-0.2, 0) is 16.1 Å². The summed E-state index contributed by atoms with van der Waals surface area (Å²) in [5.74, 6) is -0.399. The normalized spacial score (nSPS) is 15.1. The van der Waals surface area contributed by atoms with E-state index < -0.39 is 6.10 Å². The molecule has 7 nitrogen and oxygen atoms in total. The molecule has 3 rings (SSSR count). The molecule has 0 unspecified atom stereocenters. The van der Waals surface area contributed by atoms with Gasteiger partial charge in [0.05, 0.1) is 23.6 Å². The van der Waals surface area contributed by atoms with E-state index in [1.54, 1.807) is 18.3 Å². The maximum atomic E-state index is 12.4. The van der Waals surface area contributed by atoms with Gasteiger partial charge < -0.3 is 20.1 Å². The van der Waals surface area contributed by atoms with E-state index in [-0.39, 0.29) is 24.4 Å². The van der Waals surface area contributed by atoms with Crippen molar-refractivity contribution in [2.24, 2.45) is 5.92 Å². The number of aliphatic hydroxyl groups is 1. The second-order valence-electron chi connectivity index (χ2n) is 7.46. The van der Waals surface area contributed by atoms with Crippen LogP contribution in [0.15, 0.2) is 23.7 Å². The van der Waals surface area contributed by atoms with Crippen LogP contribution in [0.1, 0.15) is 52.9 Å². The number of fused-ring (bicyclic) bond motifs is 1. The maximum absolute atomic E-state index is 12.4. The van der Waals surface area contributed by atoms with E-state index in [1.165, 1.54) is 11.5 Å². The number of hydrogen-bond donors (Lipinski definition) is 2. The highest BCUT2D eigenvalue weighted by Crippen LogP contribution is 2.29. The SMILES string of the molecule is CC[C@H](CCN(C)C[C@H](O)c1ccc2c(c1C)COC2=O)C(=O)Nc1cnsc1. The number of hydrogen-bond acceptors (Lipinski definition) is 7. The van der Waals surface area contributed by atoms with Crippen molar-refractivity contribution in [2.45, 2.75) is 39.4 Å². The number of cyclic esters (lactones) is 1. The molecule has 0 aliphatic carbocycles. The molecule has 2 N–H and O–H groups in total. The van der Waals surface area contributed by atoms with Crippen LogP contribution in [-0.4, -0.2) is 46.4 Å². The quantitative estimate of drug-likeness (QED) is 0.609. The maximum Gasteiger partial charge on any atom is 0.338 e. The first-order chi connectivity index (χ1) is 13.9. The predicted molar refractivity (Wildman–Crippen MR) is 112 cm³/mol. The van der Waals surface area contributed by atoms with E-state index in [0.717, 1.165) is 28.8 Å². The molecular weight excluding hydrogens is 390 g/mol. The van der Waals surface area contributed by atoms with Crippen LogP contribution < -0.4 is 5.32 Å². The Morgan fingerprint density at radius 1 is 1.45 bits per heavy atom. The van der Waals surface area contributed by atoms with Crippen molar-refractivity contribution < 1.29 is 19.4 Å². The van der Waals surface area contributed by atoms with Crippen LogP contribution >= 0.6 is 11.5 Å². The monoisotopic (exact) mass is 417 g/mol. The fourth-order valence-corrected chi connectivity index (χ4v) is 4.09. The minimum absolute atomic E-state index is 0.000724. The number of aliphatic hydroxyl groups excluding tert-OH is 1. The lowest BCUT2D eigenvalue weighted by molar-refractivity contribution is -0.120. The molecular formula is C21H27N3O4S. The molecule has 0 fully saturated rings. The Balaban J connectivity index is 1.54. The number of nitrogens with zero attached hydrogens (tertiary/aromatic N) is 2. The molecule has 2 aromatic rings. The molecule has 0 spiro atoms. The highest BCUT2D eigenvalue weighted by molar-refractivity contribution is 7.04. The van der Waals surface area contributed by atoms with Gasteiger partial charge in [0, 0.05) is 23.4 Å². The highest BCUT2D eigenvalue weighted by Gasteiger charge is 2.26. The van der Waals surface area contributed by atoms with Crippen LogP contribution in [0.5, 0.6) is 0 Å². The Hall–Kier alpha value is -2.29. The molecule has 8 heteroatoms. The first-order valence-corrected chi connectivity index (χ1v) is 10.6. The summed E-state index contributed by atoms with van der Waals surface area (Å²) in [6.45, 7) is 5.32. The van der Waals surface area contributed by atoms with Gasteiger partial charge >= 0.3 is 5.97 Å². The minimum atomic E-state index is -0.674. The summed E-state index contributed by atoms with van der Waals surface area (Å²) in [6, 6.07) is 3.53. The van der Waals surface area contributed by atoms with Gasteiger partial charge in [-0.15, -0.1) is 0 Å². The topological polar surface area (TPSA) is 91.8 Å². The molecule has 0 saturated carbocycles. The number of aromatic nitrogens is 1. The number of likely N-dealkylation sites (N-methyl/N-ethyl adjacent to an activating group) is 1. The van der Waals surface area contributed by atoms with Gasteiger partial charge in [0.1, 0.15) is 6.61 Å². The van der Waals surface area contributed by atoms with Gasteiger partial charge in [-0.3, -0.25) is 4.79 Å². The van der Waals surface area contributed by atoms with Crippen LogP contribution in [0.2, 0.25) is 0 Å². The molecule has 2 heterocycles. The van der Waals surface area contributed by atoms with Gasteiger partial charge in [0.25, 0.3) is 0 Å². The van der Waals surface area contributed by atoms with Gasteiger partial charge in [0.15, 0.2) is 0 Å². The molecule has 0 radical (unpaired) electrons. The number of benzene rings is 1. The van der Waals surface area contributed by atoms with Gasteiger partial charge in [-0.05, 0) is 62.1 Å². The van der Waals surface area contributed by atoms with E-state index in [9.17, 15) is 14.7 Å². The summed E-state index contributed by atoms with van der Waals surface area (Å²) in [5, 5.41) is 15.4. The molecule has 1 aliphatic rings. The Morgan fingerprint density at radius 3 is 2.93 bits per heavy atom. The zero-order valence-electron chi connectivity index (χ0n) is 17.0. The fourth-order valence-electron chi connectivity index (χ4n) is 3.62. The number of ether oxygens (including phenoxy) is 1. The number of nitrogens with one attached hydrogen (secondary N) is 1. The molecule has 156 valence electrons. The van der Waals surface area contributed by atoms with Crippen LogP contribution in [0.25, 0.3) is 0 Å². The molecule has 2 atom stereocenters. The van der Waals surface area contributed by atoms with Gasteiger partial charge in [-0.1, -0.05) is 13.0 Å². The number of carbonyl (C=O) groups excluding carboxylic acids is 2. The average Bonchev–Trinajstić information content (AvgIpc) is 3.33. The van der Waals surface area contributed by atoms with Crippen molar-refractivity contribution in [1.82, 2.24) is 9.27 Å². The standard InChI is InChI=1S/C21H27N3O4S/c1-4-14(20(26)23-15-9-22-29-12-15)7-8-24(3)10-19(25)16-5-6-17-18(13(16)2)11-28-21(17)27/h5-6,9,12,14,19,25H,4,7-8,10-11H2,1-3H3,(H,23,26)/t14-,19+/m1/s1. The molecule has 1 aromatic carbocycles. The van der Waals surface area contributed by atoms with E-state index in [4.69, 9.17) is 4.74 Å². The molecule has 1 aliphatic heterocycles. The Labute approximate surface area is 174 Å². The Kier molecular flexibility index (Phi) is 7.00. The number of rotatable bonds is 9. The van der Waals surface area contributed by atoms with Gasteiger partial charge in [-0.25, -0.2) is 4.79 Å². The second-order valence-corrected chi connectivity index (χ2v) is 8.11. The van der Waals surface area contributed by atoms with Crippen LogP contribution in [0.4, 0.5) is 5.69 Å². The summed E-state index contributed by atoms with van der Waals surface area (Å²) in [6.07, 6.45) is 2.42. The van der Waals surface area contributed by atoms with Gasteiger partial charge in [0.2, 0.25) is 5.91 Å². The third-order valence-corrected chi connectivity index (χ3v) is 6.06. The van der Waals surface area contributed by atoms with E-state index >= 15 is 0 Å². The number of carbonyl (C=O) groups is 2. The fraction of sp³-hybridized carbons (Fsp3) is 0.476. The number of esters is 1. The van der Waals surface area contributed by atoms with Crippen molar-refractivity contribution in [3.8, 4) is 0 Å². The van der Waals surface area contributed by atoms with Crippen LogP contribution in [0.3, 0.4) is 0 Å². The molecule has 1 aromatic heterocycles. The van der Waals surface area contributed by atoms with Crippen molar-refractivity contribution >= 4 is 29.1 Å². The zero-order chi connectivity index (χ0) is 21.0. The third kappa shape index (κ3) is 5.01. The van der Waals surface area contributed by atoms with Crippen LogP contribution in [0, 0.1) is 12.8 Å². The minimum Gasteiger partial charge on any atom is -0.457 e. The van der Waals surface area contributed by atoms with E-state index in [0.29, 0.717) is 25.1 Å². The largest absolute Gasteiger partial charge is 0.457 e. The summed E-state index contributed by atoms with van der Waals surface area (Å²) in [5.41, 5.74) is 3.90. The second kappa shape index (κ2) is 9.47. The van der Waals surface area contributed by atoms with Crippen molar-refractivity contribution in [1.29, 1.82) is 0 Å². The lowest BCUT2D eigenvalue weighted by Gasteiger charge is -2.24. The van der Waals surface area contributed by atoms with Crippen molar-refractivity contribution in [3.63, 3.8) is 0 Å². The van der Waals surface area contributed by atoms with Crippen molar-refractivity contribution in [3.05, 3.63) is 46.0 Å². The van der Waals surface area contributed by atoms with Gasteiger partial charge in [-0.2, -0.15) is 4.37 Å². The molecule has 1 amide bonds. The summed E-state index contributed by atoms with van der Waals surface area (Å²) in [4.78, 5) is 26.1. The van der Waals surface area contributed by atoms with E-state index in [1.807, 2.05) is 31.2 Å². The number of amides is 1. The highest BCUT2D eigenvalue weighted by atomic mass is 32.1. The first kappa shape index (κ1) is 21.4. The molecule has 29 heavy (non-hydrogen) atoms. The first-order valence-electron chi connectivity index (χ1n) is 9.77. The Bertz CT molecular complexity index is 869. The number of anilines is 1. The zero-order valence-corrected chi connectivity index (χ0v) is 17.8. The molecule has 0 bridgehead atoms. The average molecular weight is 418 g/mol. The molecule has 0 saturated heterocycles. The lowest BCUT2D eigenvalue weighted by atomic mass is 9.95.